The van der Waals surface area contributed by atoms with E-state index in [4.69, 9.17) is 0 Å². The Morgan fingerprint density at radius 1 is 1.24 bits per heavy atom. The molecule has 1 fully saturated rings. The Morgan fingerprint density at radius 3 is 2.71 bits per heavy atom. The summed E-state index contributed by atoms with van der Waals surface area (Å²) in [6.45, 7) is 6.65. The first kappa shape index (κ1) is 14.1. The van der Waals surface area contributed by atoms with Crippen molar-refractivity contribution in [3.05, 3.63) is 42.2 Å². The van der Waals surface area contributed by atoms with Crippen LogP contribution in [-0.4, -0.2) is 40.6 Å². The van der Waals surface area contributed by atoms with Gasteiger partial charge >= 0.3 is 0 Å². The lowest BCUT2D eigenvalue weighted by atomic mass is 9.94. The van der Waals surface area contributed by atoms with Crippen molar-refractivity contribution in [2.24, 2.45) is 5.92 Å². The van der Waals surface area contributed by atoms with E-state index in [9.17, 15) is 0 Å². The maximum Gasteiger partial charge on any atom is 0.207 e. The molecule has 21 heavy (non-hydrogen) atoms. The normalized spacial score (nSPS) is 23.2. The first-order valence-corrected chi connectivity index (χ1v) is 7.70. The van der Waals surface area contributed by atoms with Gasteiger partial charge in [0.05, 0.1) is 5.69 Å². The van der Waals surface area contributed by atoms with Crippen molar-refractivity contribution in [2.75, 3.05) is 25.5 Å². The predicted octanol–water partition coefficient (Wildman–Crippen LogP) is 2.93. The van der Waals surface area contributed by atoms with Gasteiger partial charge in [-0.25, -0.2) is 4.98 Å². The summed E-state index contributed by atoms with van der Waals surface area (Å²) in [5, 5.41) is 3.66. The number of hydrogen-bond donors (Lipinski definition) is 1. The van der Waals surface area contributed by atoms with Crippen molar-refractivity contribution in [1.82, 2.24) is 14.5 Å². The van der Waals surface area contributed by atoms with Crippen LogP contribution in [0, 0.1) is 12.8 Å². The highest BCUT2D eigenvalue weighted by molar-refractivity contribution is 5.43. The van der Waals surface area contributed by atoms with Crippen molar-refractivity contribution in [3.63, 3.8) is 0 Å². The molecule has 0 spiro atoms. The molecule has 0 saturated carbocycles. The summed E-state index contributed by atoms with van der Waals surface area (Å²) >= 11 is 0. The third-order valence-corrected chi connectivity index (χ3v) is 4.28. The van der Waals surface area contributed by atoms with Gasteiger partial charge in [0.25, 0.3) is 0 Å². The second-order valence-electron chi connectivity index (χ2n) is 6.19. The van der Waals surface area contributed by atoms with E-state index in [1.165, 1.54) is 6.42 Å². The molecule has 0 aliphatic carbocycles. The van der Waals surface area contributed by atoms with Crippen molar-refractivity contribution in [3.8, 4) is 5.69 Å². The molecule has 1 aromatic heterocycles. The fourth-order valence-electron chi connectivity index (χ4n) is 3.12. The van der Waals surface area contributed by atoms with E-state index in [-0.39, 0.29) is 0 Å². The van der Waals surface area contributed by atoms with E-state index in [0.717, 1.165) is 30.4 Å². The highest BCUT2D eigenvalue weighted by Gasteiger charge is 2.25. The predicted molar refractivity (Wildman–Crippen MR) is 87.0 cm³/mol. The van der Waals surface area contributed by atoms with Crippen LogP contribution >= 0.6 is 0 Å². The monoisotopic (exact) mass is 284 g/mol. The van der Waals surface area contributed by atoms with Crippen molar-refractivity contribution in [2.45, 2.75) is 26.3 Å². The smallest absolute Gasteiger partial charge is 0.207 e. The number of nitrogens with one attached hydrogen (secondary N) is 1. The second kappa shape index (κ2) is 5.90. The molecular weight excluding hydrogens is 260 g/mol. The maximum atomic E-state index is 4.67. The summed E-state index contributed by atoms with van der Waals surface area (Å²) in [5.41, 5.74) is 2.20. The van der Waals surface area contributed by atoms with Crippen LogP contribution in [-0.2, 0) is 0 Å². The third-order valence-electron chi connectivity index (χ3n) is 4.28. The molecule has 2 atom stereocenters. The van der Waals surface area contributed by atoms with Gasteiger partial charge in [0.2, 0.25) is 5.95 Å². The first-order chi connectivity index (χ1) is 10.1. The molecule has 4 nitrogen and oxygen atoms in total. The molecule has 0 bridgehead atoms. The van der Waals surface area contributed by atoms with Gasteiger partial charge < -0.3 is 10.2 Å². The van der Waals surface area contributed by atoms with E-state index in [0.29, 0.717) is 12.0 Å². The van der Waals surface area contributed by atoms with Crippen LogP contribution in [0.2, 0.25) is 0 Å². The van der Waals surface area contributed by atoms with Gasteiger partial charge in [-0.2, -0.15) is 0 Å². The molecule has 2 unspecified atom stereocenters. The molecule has 1 aliphatic heterocycles. The number of likely N-dealkylation sites (tertiary alicyclic amines) is 1. The lowest BCUT2D eigenvalue weighted by Gasteiger charge is -2.35. The zero-order valence-corrected chi connectivity index (χ0v) is 13.1. The molecular formula is C17H24N4. The topological polar surface area (TPSA) is 33.1 Å². The third kappa shape index (κ3) is 3.10. The molecule has 2 aromatic rings. The van der Waals surface area contributed by atoms with E-state index in [2.05, 4.69) is 64.2 Å². The lowest BCUT2D eigenvalue weighted by Crippen LogP contribution is -2.43. The summed E-state index contributed by atoms with van der Waals surface area (Å²) in [6.07, 6.45) is 3.26. The van der Waals surface area contributed by atoms with Gasteiger partial charge in [0, 0.05) is 24.5 Å². The number of anilines is 1. The number of imidazole rings is 1. The number of rotatable bonds is 3. The highest BCUT2D eigenvalue weighted by atomic mass is 15.2. The van der Waals surface area contributed by atoms with Gasteiger partial charge in [-0.3, -0.25) is 4.57 Å². The molecule has 3 rings (SSSR count). The average Bonchev–Trinajstić information content (AvgIpc) is 2.84. The molecule has 0 amide bonds. The van der Waals surface area contributed by atoms with Crippen LogP contribution in [0.1, 0.15) is 19.0 Å². The minimum absolute atomic E-state index is 0.491. The van der Waals surface area contributed by atoms with Gasteiger partial charge in [-0.05, 0) is 45.0 Å². The number of para-hydroxylation sites is 1. The first-order valence-electron chi connectivity index (χ1n) is 7.70. The second-order valence-corrected chi connectivity index (χ2v) is 6.19. The molecule has 112 valence electrons. The Morgan fingerprint density at radius 2 is 2.00 bits per heavy atom. The van der Waals surface area contributed by atoms with Crippen molar-refractivity contribution >= 4 is 5.95 Å². The Kier molecular flexibility index (Phi) is 3.97. The fourth-order valence-corrected chi connectivity index (χ4v) is 3.12. The quantitative estimate of drug-likeness (QED) is 0.940. The van der Waals surface area contributed by atoms with E-state index in [1.54, 1.807) is 0 Å². The molecule has 4 heteroatoms. The van der Waals surface area contributed by atoms with Crippen molar-refractivity contribution in [1.29, 1.82) is 0 Å². The minimum Gasteiger partial charge on any atom is -0.352 e. The number of aryl methyl sites for hydroxylation is 1. The Labute approximate surface area is 126 Å². The fraction of sp³-hybridized carbons (Fsp3) is 0.471. The molecule has 1 saturated heterocycles. The summed E-state index contributed by atoms with van der Waals surface area (Å²) in [4.78, 5) is 7.07. The minimum atomic E-state index is 0.491. The van der Waals surface area contributed by atoms with Crippen LogP contribution in [0.4, 0.5) is 5.95 Å². The Bertz CT molecular complexity index is 590. The Hall–Kier alpha value is -1.81. The van der Waals surface area contributed by atoms with E-state index < -0.39 is 0 Å². The molecule has 1 aliphatic rings. The number of nitrogens with zero attached hydrogens (tertiary/aromatic N) is 3. The standard InChI is InChI=1S/C17H24N4/c1-13-11-20(3)10-9-16(13)19-17-18-14(2)12-21(17)15-7-5-4-6-8-15/h4-8,12-13,16H,9-11H2,1-3H3,(H,18,19). The summed E-state index contributed by atoms with van der Waals surface area (Å²) in [7, 11) is 2.20. The molecule has 2 heterocycles. The lowest BCUT2D eigenvalue weighted by molar-refractivity contribution is 0.205. The summed E-state index contributed by atoms with van der Waals surface area (Å²) in [6, 6.07) is 10.9. The van der Waals surface area contributed by atoms with Gasteiger partial charge in [0.1, 0.15) is 0 Å². The SMILES string of the molecule is Cc1cn(-c2ccccc2)c(NC2CCN(C)CC2C)n1. The number of hydrogen-bond acceptors (Lipinski definition) is 3. The zero-order valence-electron chi connectivity index (χ0n) is 13.1. The molecule has 1 N–H and O–H groups in total. The number of benzene rings is 1. The number of piperidine rings is 1. The highest BCUT2D eigenvalue weighted by Crippen LogP contribution is 2.22. The average molecular weight is 284 g/mol. The van der Waals surface area contributed by atoms with Crippen LogP contribution in [0.15, 0.2) is 36.5 Å². The summed E-state index contributed by atoms with van der Waals surface area (Å²) < 4.78 is 2.15. The van der Waals surface area contributed by atoms with Crippen LogP contribution in [0.3, 0.4) is 0 Å². The maximum absolute atomic E-state index is 4.67. The summed E-state index contributed by atoms with van der Waals surface area (Å²) in [5.74, 6) is 1.59. The molecule has 0 radical (unpaired) electrons. The Balaban J connectivity index is 1.83. The van der Waals surface area contributed by atoms with Crippen molar-refractivity contribution < 1.29 is 0 Å². The van der Waals surface area contributed by atoms with Crippen LogP contribution in [0.25, 0.3) is 5.69 Å². The zero-order chi connectivity index (χ0) is 14.8. The van der Waals surface area contributed by atoms with Gasteiger partial charge in [-0.15, -0.1) is 0 Å². The van der Waals surface area contributed by atoms with Crippen LogP contribution < -0.4 is 5.32 Å². The van der Waals surface area contributed by atoms with Crippen LogP contribution in [0.5, 0.6) is 0 Å². The van der Waals surface area contributed by atoms with Gasteiger partial charge in [-0.1, -0.05) is 25.1 Å². The van der Waals surface area contributed by atoms with Gasteiger partial charge in [0.15, 0.2) is 0 Å². The largest absolute Gasteiger partial charge is 0.352 e. The number of aromatic nitrogens is 2. The molecule has 1 aromatic carbocycles. The van der Waals surface area contributed by atoms with E-state index >= 15 is 0 Å². The van der Waals surface area contributed by atoms with E-state index in [1.807, 2.05) is 13.0 Å².